The molecular formula is C14H17BrN2O2. The van der Waals surface area contributed by atoms with Crippen LogP contribution in [0.5, 0.6) is 0 Å². The number of piperidine rings is 3. The Labute approximate surface area is 120 Å². The zero-order chi connectivity index (χ0) is 13.4. The fourth-order valence-electron chi connectivity index (χ4n) is 3.12. The van der Waals surface area contributed by atoms with Gasteiger partial charge in [0.25, 0.3) is 0 Å². The number of nitrogens with zero attached hydrogens (tertiary/aromatic N) is 1. The highest BCUT2D eigenvalue weighted by molar-refractivity contribution is 9.10. The number of fused-ring (bicyclic) bond motifs is 3. The van der Waals surface area contributed by atoms with Crippen molar-refractivity contribution in [2.75, 3.05) is 25.0 Å². The van der Waals surface area contributed by atoms with Gasteiger partial charge in [-0.05, 0) is 66.0 Å². The number of aromatic carboxylic acids is 1. The molecule has 0 aliphatic carbocycles. The number of carboxylic acid groups (broad SMARTS) is 1. The van der Waals surface area contributed by atoms with Crippen molar-refractivity contribution in [3.63, 3.8) is 0 Å². The fraction of sp³-hybridized carbons (Fsp3) is 0.500. The smallest absolute Gasteiger partial charge is 0.336 e. The van der Waals surface area contributed by atoms with Crippen molar-refractivity contribution in [2.24, 2.45) is 5.92 Å². The van der Waals surface area contributed by atoms with Gasteiger partial charge in [0.05, 0.1) is 5.56 Å². The van der Waals surface area contributed by atoms with E-state index >= 15 is 0 Å². The van der Waals surface area contributed by atoms with Crippen molar-refractivity contribution in [3.8, 4) is 0 Å². The summed E-state index contributed by atoms with van der Waals surface area (Å²) in [5, 5.41) is 12.6. The third-order valence-electron chi connectivity index (χ3n) is 4.21. The summed E-state index contributed by atoms with van der Waals surface area (Å²) in [7, 11) is 0. The number of benzene rings is 1. The van der Waals surface area contributed by atoms with Crippen LogP contribution in [0.25, 0.3) is 0 Å². The number of halogens is 1. The van der Waals surface area contributed by atoms with E-state index in [2.05, 4.69) is 26.1 Å². The first-order valence-electron chi connectivity index (χ1n) is 6.65. The Bertz CT molecular complexity index is 498. The number of hydrogen-bond donors (Lipinski definition) is 2. The lowest BCUT2D eigenvalue weighted by Gasteiger charge is -2.45. The lowest BCUT2D eigenvalue weighted by Crippen LogP contribution is -2.53. The molecule has 2 N–H and O–H groups in total. The fourth-order valence-corrected chi connectivity index (χ4v) is 3.67. The van der Waals surface area contributed by atoms with Gasteiger partial charge >= 0.3 is 5.97 Å². The van der Waals surface area contributed by atoms with Gasteiger partial charge < -0.3 is 15.3 Å². The molecule has 2 bridgehead atoms. The summed E-state index contributed by atoms with van der Waals surface area (Å²) in [4.78, 5) is 13.5. The molecule has 3 saturated heterocycles. The van der Waals surface area contributed by atoms with Crippen LogP contribution < -0.4 is 5.32 Å². The molecule has 1 unspecified atom stereocenters. The third kappa shape index (κ3) is 2.62. The van der Waals surface area contributed by atoms with E-state index in [0.717, 1.165) is 18.2 Å². The Morgan fingerprint density at radius 1 is 1.37 bits per heavy atom. The van der Waals surface area contributed by atoms with Gasteiger partial charge in [-0.15, -0.1) is 0 Å². The second kappa shape index (κ2) is 5.13. The molecule has 1 atom stereocenters. The average Bonchev–Trinajstić information content (AvgIpc) is 2.39. The van der Waals surface area contributed by atoms with E-state index < -0.39 is 5.97 Å². The number of anilines is 1. The topological polar surface area (TPSA) is 52.6 Å². The molecule has 3 aliphatic heterocycles. The molecule has 3 heterocycles. The minimum absolute atomic E-state index is 0.305. The van der Waals surface area contributed by atoms with Crippen LogP contribution >= 0.6 is 15.9 Å². The molecule has 102 valence electrons. The second-order valence-corrected chi connectivity index (χ2v) is 6.24. The highest BCUT2D eigenvalue weighted by Crippen LogP contribution is 2.30. The van der Waals surface area contributed by atoms with Crippen LogP contribution in [-0.4, -0.2) is 41.7 Å². The van der Waals surface area contributed by atoms with Crippen LogP contribution in [0.2, 0.25) is 0 Å². The van der Waals surface area contributed by atoms with Gasteiger partial charge in [0.1, 0.15) is 0 Å². The van der Waals surface area contributed by atoms with Crippen LogP contribution in [0.3, 0.4) is 0 Å². The van der Waals surface area contributed by atoms with Gasteiger partial charge in [-0.25, -0.2) is 4.79 Å². The zero-order valence-corrected chi connectivity index (χ0v) is 12.2. The Morgan fingerprint density at radius 2 is 2.11 bits per heavy atom. The van der Waals surface area contributed by atoms with Crippen LogP contribution in [0.1, 0.15) is 23.2 Å². The van der Waals surface area contributed by atoms with Crippen molar-refractivity contribution in [1.82, 2.24) is 4.90 Å². The highest BCUT2D eigenvalue weighted by Gasteiger charge is 2.33. The SMILES string of the molecule is O=C(O)c1ccc(NC2CN3CCC2CC3)cc1Br. The average molecular weight is 325 g/mol. The molecule has 0 amide bonds. The Morgan fingerprint density at radius 3 is 2.63 bits per heavy atom. The molecule has 3 aliphatic rings. The molecule has 4 nitrogen and oxygen atoms in total. The van der Waals surface area contributed by atoms with Gasteiger partial charge in [-0.3, -0.25) is 0 Å². The predicted octanol–water partition coefficient (Wildman–Crippen LogP) is 2.65. The molecular weight excluding hydrogens is 308 g/mol. The molecule has 4 rings (SSSR count). The first-order valence-corrected chi connectivity index (χ1v) is 7.44. The summed E-state index contributed by atoms with van der Waals surface area (Å²) in [5.41, 5.74) is 1.30. The maximum atomic E-state index is 11.0. The number of rotatable bonds is 3. The minimum Gasteiger partial charge on any atom is -0.478 e. The van der Waals surface area contributed by atoms with E-state index in [9.17, 15) is 4.79 Å². The van der Waals surface area contributed by atoms with Gasteiger partial charge in [0.2, 0.25) is 0 Å². The van der Waals surface area contributed by atoms with Gasteiger partial charge in [-0.2, -0.15) is 0 Å². The lowest BCUT2D eigenvalue weighted by atomic mass is 9.84. The molecule has 3 fully saturated rings. The van der Waals surface area contributed by atoms with Gasteiger partial charge in [-0.1, -0.05) is 0 Å². The van der Waals surface area contributed by atoms with Crippen molar-refractivity contribution in [2.45, 2.75) is 18.9 Å². The highest BCUT2D eigenvalue weighted by atomic mass is 79.9. The molecule has 5 heteroatoms. The monoisotopic (exact) mass is 324 g/mol. The first kappa shape index (κ1) is 12.9. The zero-order valence-electron chi connectivity index (χ0n) is 10.6. The van der Waals surface area contributed by atoms with E-state index in [0.29, 0.717) is 16.1 Å². The van der Waals surface area contributed by atoms with Crippen molar-refractivity contribution >= 4 is 27.6 Å². The molecule has 0 spiro atoms. The summed E-state index contributed by atoms with van der Waals surface area (Å²) in [5.74, 6) is -0.149. The number of carbonyl (C=O) groups is 1. The molecule has 19 heavy (non-hydrogen) atoms. The summed E-state index contributed by atoms with van der Waals surface area (Å²) < 4.78 is 0.631. The van der Waals surface area contributed by atoms with E-state index in [1.165, 1.54) is 25.9 Å². The first-order chi connectivity index (χ1) is 9.13. The van der Waals surface area contributed by atoms with E-state index in [1.807, 2.05) is 12.1 Å². The normalized spacial score (nSPS) is 29.2. The van der Waals surface area contributed by atoms with Crippen LogP contribution in [0, 0.1) is 5.92 Å². The van der Waals surface area contributed by atoms with Crippen molar-refractivity contribution in [1.29, 1.82) is 0 Å². The predicted molar refractivity (Wildman–Crippen MR) is 77.7 cm³/mol. The van der Waals surface area contributed by atoms with Gasteiger partial charge in [0.15, 0.2) is 0 Å². The Balaban J connectivity index is 1.73. The third-order valence-corrected chi connectivity index (χ3v) is 4.86. The van der Waals surface area contributed by atoms with E-state index in [-0.39, 0.29) is 0 Å². The summed E-state index contributed by atoms with van der Waals surface area (Å²) in [6, 6.07) is 5.85. The standard InChI is InChI=1S/C14H17BrN2O2/c15-12-7-10(1-2-11(12)14(18)19)16-13-8-17-5-3-9(13)4-6-17/h1-2,7,9,13,16H,3-6,8H2,(H,18,19). The molecule has 1 aromatic rings. The number of carboxylic acids is 1. The second-order valence-electron chi connectivity index (χ2n) is 5.39. The number of hydrogen-bond acceptors (Lipinski definition) is 3. The maximum absolute atomic E-state index is 11.0. The van der Waals surface area contributed by atoms with Crippen molar-refractivity contribution < 1.29 is 9.90 Å². The van der Waals surface area contributed by atoms with Crippen molar-refractivity contribution in [3.05, 3.63) is 28.2 Å². The molecule has 0 saturated carbocycles. The maximum Gasteiger partial charge on any atom is 0.336 e. The summed E-state index contributed by atoms with van der Waals surface area (Å²) in [6.07, 6.45) is 2.54. The Hall–Kier alpha value is -1.07. The number of nitrogens with one attached hydrogen (secondary N) is 1. The minimum atomic E-state index is -0.902. The molecule has 1 aromatic carbocycles. The molecule has 0 radical (unpaired) electrons. The van der Waals surface area contributed by atoms with E-state index in [1.54, 1.807) is 6.07 Å². The van der Waals surface area contributed by atoms with Crippen LogP contribution in [-0.2, 0) is 0 Å². The quantitative estimate of drug-likeness (QED) is 0.897. The Kier molecular flexibility index (Phi) is 3.50. The van der Waals surface area contributed by atoms with Crippen LogP contribution in [0.15, 0.2) is 22.7 Å². The summed E-state index contributed by atoms with van der Waals surface area (Å²) >= 11 is 3.32. The van der Waals surface area contributed by atoms with Crippen LogP contribution in [0.4, 0.5) is 5.69 Å². The molecule has 0 aromatic heterocycles. The summed E-state index contributed by atoms with van der Waals surface area (Å²) in [6.45, 7) is 3.55. The lowest BCUT2D eigenvalue weighted by molar-refractivity contribution is 0.0696. The van der Waals surface area contributed by atoms with Gasteiger partial charge in [0, 0.05) is 22.7 Å². The van der Waals surface area contributed by atoms with E-state index in [4.69, 9.17) is 5.11 Å². The largest absolute Gasteiger partial charge is 0.478 e.